The summed E-state index contributed by atoms with van der Waals surface area (Å²) in [5.74, 6) is 1.32. The Hall–Kier alpha value is -2.48. The summed E-state index contributed by atoms with van der Waals surface area (Å²) in [7, 11) is -3.73. The van der Waals surface area contributed by atoms with E-state index in [0.29, 0.717) is 28.4 Å². The van der Waals surface area contributed by atoms with E-state index in [1.54, 1.807) is 55.1 Å². The van der Waals surface area contributed by atoms with Crippen LogP contribution in [-0.2, 0) is 15.8 Å². The zero-order chi connectivity index (χ0) is 22.3. The Labute approximate surface area is 192 Å². The predicted octanol–water partition coefficient (Wildman–Crippen LogP) is 5.11. The second kappa shape index (κ2) is 10.7. The van der Waals surface area contributed by atoms with E-state index in [1.165, 1.54) is 12.1 Å². The normalized spacial score (nSPS) is 11.2. The first kappa shape index (κ1) is 23.2. The van der Waals surface area contributed by atoms with Gasteiger partial charge < -0.3 is 5.32 Å². The first-order chi connectivity index (χ1) is 14.9. The van der Waals surface area contributed by atoms with Crippen molar-refractivity contribution in [1.82, 2.24) is 5.32 Å². The molecule has 2 N–H and O–H groups in total. The standard InChI is InChI=1S/C23H23ClN2O3S2/c1-17-21(23(27)25-13-14-30-16-18-7-5-8-19(24)15-18)11-6-12-22(17)26-31(28,29)20-9-3-2-4-10-20/h2-12,15,26H,13-14,16H2,1H3,(H,25,27). The highest BCUT2D eigenvalue weighted by atomic mass is 35.5. The van der Waals surface area contributed by atoms with Crippen LogP contribution in [0.25, 0.3) is 0 Å². The van der Waals surface area contributed by atoms with E-state index in [4.69, 9.17) is 11.6 Å². The number of amides is 1. The van der Waals surface area contributed by atoms with Gasteiger partial charge in [0.25, 0.3) is 15.9 Å². The third kappa shape index (κ3) is 6.50. The molecule has 0 atom stereocenters. The van der Waals surface area contributed by atoms with Crippen LogP contribution < -0.4 is 10.0 Å². The zero-order valence-electron chi connectivity index (χ0n) is 17.0. The summed E-state index contributed by atoms with van der Waals surface area (Å²) in [6.07, 6.45) is 0. The molecular weight excluding hydrogens is 452 g/mol. The van der Waals surface area contributed by atoms with Gasteiger partial charge in [0.05, 0.1) is 10.6 Å². The van der Waals surface area contributed by atoms with Gasteiger partial charge >= 0.3 is 0 Å². The fourth-order valence-corrected chi connectivity index (χ4v) is 5.11. The van der Waals surface area contributed by atoms with Crippen LogP contribution in [0.4, 0.5) is 5.69 Å². The average molecular weight is 475 g/mol. The van der Waals surface area contributed by atoms with Gasteiger partial charge in [0, 0.05) is 28.6 Å². The summed E-state index contributed by atoms with van der Waals surface area (Å²) in [6.45, 7) is 2.23. The molecule has 0 aliphatic rings. The number of carbonyl (C=O) groups is 1. The lowest BCUT2D eigenvalue weighted by molar-refractivity contribution is 0.0955. The van der Waals surface area contributed by atoms with Crippen LogP contribution in [0.1, 0.15) is 21.5 Å². The molecule has 31 heavy (non-hydrogen) atoms. The summed E-state index contributed by atoms with van der Waals surface area (Å²) in [5, 5.41) is 3.61. The highest BCUT2D eigenvalue weighted by Crippen LogP contribution is 2.23. The summed E-state index contributed by atoms with van der Waals surface area (Å²) < 4.78 is 27.8. The molecule has 5 nitrogen and oxygen atoms in total. The number of benzene rings is 3. The van der Waals surface area contributed by atoms with E-state index in [0.717, 1.165) is 17.1 Å². The highest BCUT2D eigenvalue weighted by Gasteiger charge is 2.17. The molecule has 0 radical (unpaired) electrons. The van der Waals surface area contributed by atoms with Crippen LogP contribution in [0.3, 0.4) is 0 Å². The predicted molar refractivity (Wildman–Crippen MR) is 128 cm³/mol. The number of thioether (sulfide) groups is 1. The number of hydrogen-bond donors (Lipinski definition) is 2. The maximum Gasteiger partial charge on any atom is 0.261 e. The molecule has 162 valence electrons. The van der Waals surface area contributed by atoms with Gasteiger partial charge in [-0.1, -0.05) is 48.0 Å². The molecular formula is C23H23ClN2O3S2. The fourth-order valence-electron chi connectivity index (χ4n) is 2.94. The first-order valence-electron chi connectivity index (χ1n) is 9.65. The van der Waals surface area contributed by atoms with Gasteiger partial charge in [0.2, 0.25) is 0 Å². The van der Waals surface area contributed by atoms with Crippen LogP contribution in [0.5, 0.6) is 0 Å². The molecule has 0 fully saturated rings. The monoisotopic (exact) mass is 474 g/mol. The zero-order valence-corrected chi connectivity index (χ0v) is 19.4. The van der Waals surface area contributed by atoms with Crippen molar-refractivity contribution in [2.75, 3.05) is 17.0 Å². The third-order valence-corrected chi connectivity index (χ3v) is 7.21. The number of hydrogen-bond acceptors (Lipinski definition) is 4. The minimum Gasteiger partial charge on any atom is -0.351 e. The maximum absolute atomic E-state index is 12.6. The van der Waals surface area contributed by atoms with Gasteiger partial charge in [-0.25, -0.2) is 8.42 Å². The molecule has 3 aromatic rings. The number of halogens is 1. The highest BCUT2D eigenvalue weighted by molar-refractivity contribution is 7.98. The number of sulfonamides is 1. The third-order valence-electron chi connectivity index (χ3n) is 4.57. The van der Waals surface area contributed by atoms with Gasteiger partial charge in [-0.15, -0.1) is 0 Å². The van der Waals surface area contributed by atoms with Crippen LogP contribution in [-0.4, -0.2) is 26.6 Å². The van der Waals surface area contributed by atoms with Crippen molar-refractivity contribution < 1.29 is 13.2 Å². The summed E-state index contributed by atoms with van der Waals surface area (Å²) in [5.41, 5.74) is 2.53. The van der Waals surface area contributed by atoms with Crippen molar-refractivity contribution in [3.63, 3.8) is 0 Å². The molecule has 0 spiro atoms. The van der Waals surface area contributed by atoms with Gasteiger partial charge in [-0.2, -0.15) is 11.8 Å². The van der Waals surface area contributed by atoms with Gasteiger partial charge in [0.1, 0.15) is 0 Å². The van der Waals surface area contributed by atoms with Crippen molar-refractivity contribution in [3.8, 4) is 0 Å². The fraction of sp³-hybridized carbons (Fsp3) is 0.174. The summed E-state index contributed by atoms with van der Waals surface area (Å²) >= 11 is 7.69. The van der Waals surface area contributed by atoms with Crippen molar-refractivity contribution in [3.05, 3.63) is 94.5 Å². The van der Waals surface area contributed by atoms with Crippen LogP contribution in [0.2, 0.25) is 5.02 Å². The van der Waals surface area contributed by atoms with E-state index in [2.05, 4.69) is 10.0 Å². The van der Waals surface area contributed by atoms with E-state index in [9.17, 15) is 13.2 Å². The molecule has 0 aliphatic heterocycles. The first-order valence-corrected chi connectivity index (χ1v) is 12.7. The molecule has 0 aliphatic carbocycles. The molecule has 0 saturated heterocycles. The minimum atomic E-state index is -3.73. The van der Waals surface area contributed by atoms with Crippen molar-refractivity contribution in [2.24, 2.45) is 0 Å². The lowest BCUT2D eigenvalue weighted by Crippen LogP contribution is -2.27. The summed E-state index contributed by atoms with van der Waals surface area (Å²) in [4.78, 5) is 12.8. The minimum absolute atomic E-state index is 0.168. The van der Waals surface area contributed by atoms with Gasteiger partial charge in [-0.05, 0) is 54.4 Å². The number of carbonyl (C=O) groups excluding carboxylic acids is 1. The average Bonchev–Trinajstić information content (AvgIpc) is 2.75. The van der Waals surface area contributed by atoms with E-state index in [1.807, 2.05) is 24.3 Å². The van der Waals surface area contributed by atoms with Crippen LogP contribution in [0.15, 0.2) is 77.7 Å². The van der Waals surface area contributed by atoms with Crippen molar-refractivity contribution in [2.45, 2.75) is 17.6 Å². The van der Waals surface area contributed by atoms with E-state index >= 15 is 0 Å². The molecule has 3 rings (SSSR count). The number of nitrogens with one attached hydrogen (secondary N) is 2. The Kier molecular flexibility index (Phi) is 8.01. The lowest BCUT2D eigenvalue weighted by atomic mass is 10.1. The molecule has 0 aromatic heterocycles. The Bertz CT molecular complexity index is 1150. The van der Waals surface area contributed by atoms with Crippen molar-refractivity contribution >= 4 is 45.0 Å². The van der Waals surface area contributed by atoms with Gasteiger partial charge in [-0.3, -0.25) is 9.52 Å². The Morgan fingerprint density at radius 1 is 1.00 bits per heavy atom. The Morgan fingerprint density at radius 2 is 1.74 bits per heavy atom. The smallest absolute Gasteiger partial charge is 0.261 e. The van der Waals surface area contributed by atoms with E-state index in [-0.39, 0.29) is 10.8 Å². The number of anilines is 1. The number of rotatable bonds is 9. The molecule has 0 unspecified atom stereocenters. The van der Waals surface area contributed by atoms with Gasteiger partial charge in [0.15, 0.2) is 0 Å². The van der Waals surface area contributed by atoms with Crippen LogP contribution in [0, 0.1) is 6.92 Å². The Balaban J connectivity index is 1.57. The molecule has 0 heterocycles. The SMILES string of the molecule is Cc1c(NS(=O)(=O)c2ccccc2)cccc1C(=O)NCCSCc1cccc(Cl)c1. The molecule has 3 aromatic carbocycles. The molecule has 1 amide bonds. The second-order valence-corrected chi connectivity index (χ2v) is 10.1. The Morgan fingerprint density at radius 3 is 2.48 bits per heavy atom. The molecule has 0 bridgehead atoms. The topological polar surface area (TPSA) is 75.3 Å². The second-order valence-electron chi connectivity index (χ2n) is 6.84. The lowest BCUT2D eigenvalue weighted by Gasteiger charge is -2.14. The maximum atomic E-state index is 12.6. The molecule has 8 heteroatoms. The molecule has 0 saturated carbocycles. The van der Waals surface area contributed by atoms with E-state index < -0.39 is 10.0 Å². The summed E-state index contributed by atoms with van der Waals surface area (Å²) in [6, 6.07) is 20.8. The van der Waals surface area contributed by atoms with Crippen LogP contribution >= 0.6 is 23.4 Å². The quantitative estimate of drug-likeness (QED) is 0.422. The largest absolute Gasteiger partial charge is 0.351 e. The van der Waals surface area contributed by atoms with Crippen molar-refractivity contribution in [1.29, 1.82) is 0 Å².